The summed E-state index contributed by atoms with van der Waals surface area (Å²) in [5.41, 5.74) is 2.84. The Morgan fingerprint density at radius 3 is 3.00 bits per heavy atom. The number of hydrogen-bond acceptors (Lipinski definition) is 1. The van der Waals surface area contributed by atoms with Crippen LogP contribution in [0.25, 0.3) is 0 Å². The molecule has 0 unspecified atom stereocenters. The lowest BCUT2D eigenvalue weighted by atomic mass is 10.0. The molecule has 0 saturated carbocycles. The third kappa shape index (κ3) is 1.67. The number of aryl methyl sites for hydroxylation is 1. The summed E-state index contributed by atoms with van der Waals surface area (Å²) in [6, 6.07) is 8.61. The Bertz CT molecular complexity index is 228. The first-order valence-corrected chi connectivity index (χ1v) is 4.61. The molecule has 1 aromatic carbocycles. The third-order valence-electron chi connectivity index (χ3n) is 2.33. The van der Waals surface area contributed by atoms with E-state index in [2.05, 4.69) is 36.1 Å². The normalized spacial score (nSPS) is 17.7. The van der Waals surface area contributed by atoms with Gasteiger partial charge in [-0.2, -0.15) is 0 Å². The van der Waals surface area contributed by atoms with Crippen molar-refractivity contribution in [3.63, 3.8) is 0 Å². The largest absolute Gasteiger partial charge is 0.308 e. The summed E-state index contributed by atoms with van der Waals surface area (Å²) in [5.74, 6) is 0. The molecule has 0 amide bonds. The van der Waals surface area contributed by atoms with Crippen molar-refractivity contribution in [2.24, 2.45) is 0 Å². The summed E-state index contributed by atoms with van der Waals surface area (Å²) >= 11 is 0. The highest BCUT2D eigenvalue weighted by molar-refractivity contribution is 5.32. The van der Waals surface area contributed by atoms with Crippen LogP contribution in [0.5, 0.6) is 0 Å². The molecule has 1 heterocycles. The van der Waals surface area contributed by atoms with Crippen molar-refractivity contribution in [2.45, 2.75) is 19.3 Å². The minimum Gasteiger partial charge on any atom is -0.308 e. The van der Waals surface area contributed by atoms with E-state index in [-0.39, 0.29) is 0 Å². The Labute approximate surface area is 73.8 Å². The van der Waals surface area contributed by atoms with E-state index in [1.54, 1.807) is 0 Å². The van der Waals surface area contributed by atoms with Gasteiger partial charge in [-0.15, -0.1) is 0 Å². The first-order valence-electron chi connectivity index (χ1n) is 4.61. The van der Waals surface area contributed by atoms with Gasteiger partial charge in [-0.3, -0.25) is 0 Å². The molecule has 1 aliphatic rings. The summed E-state index contributed by atoms with van der Waals surface area (Å²) in [7, 11) is 0. The van der Waals surface area contributed by atoms with Crippen LogP contribution >= 0.6 is 0 Å². The van der Waals surface area contributed by atoms with Gasteiger partial charge in [0.25, 0.3) is 0 Å². The van der Waals surface area contributed by atoms with Crippen LogP contribution in [0.2, 0.25) is 0 Å². The highest BCUT2D eigenvalue weighted by atomic mass is 14.8. The Morgan fingerprint density at radius 1 is 1.08 bits per heavy atom. The van der Waals surface area contributed by atoms with E-state index in [9.17, 15) is 0 Å². The first kappa shape index (κ1) is 7.81. The fraction of sp³-hybridized carbons (Fsp3) is 0.364. The average Bonchev–Trinajstić information content (AvgIpc) is 2.06. The molecule has 0 aliphatic carbocycles. The Balaban J connectivity index is 2.24. The second-order valence-corrected chi connectivity index (χ2v) is 3.25. The Morgan fingerprint density at radius 2 is 2.00 bits per heavy atom. The summed E-state index contributed by atoms with van der Waals surface area (Å²) in [6.07, 6.45) is 3.82. The lowest BCUT2D eigenvalue weighted by Crippen LogP contribution is -2.16. The SMILES string of the molecule is [CH]1NCCCCc2ccccc21. The van der Waals surface area contributed by atoms with E-state index in [4.69, 9.17) is 0 Å². The third-order valence-corrected chi connectivity index (χ3v) is 2.33. The maximum absolute atomic E-state index is 3.32. The quantitative estimate of drug-likeness (QED) is 0.613. The molecule has 1 radical (unpaired) electrons. The highest BCUT2D eigenvalue weighted by Crippen LogP contribution is 2.14. The average molecular weight is 160 g/mol. The fourth-order valence-electron chi connectivity index (χ4n) is 1.63. The van der Waals surface area contributed by atoms with E-state index < -0.39 is 0 Å². The summed E-state index contributed by atoms with van der Waals surface area (Å²) < 4.78 is 0. The van der Waals surface area contributed by atoms with Crippen LogP contribution in [0.1, 0.15) is 24.0 Å². The molecule has 1 nitrogen and oxygen atoms in total. The van der Waals surface area contributed by atoms with Gasteiger partial charge < -0.3 is 5.32 Å². The van der Waals surface area contributed by atoms with Crippen LogP contribution in [-0.2, 0) is 6.42 Å². The number of nitrogens with one attached hydrogen (secondary N) is 1. The van der Waals surface area contributed by atoms with Crippen molar-refractivity contribution in [3.05, 3.63) is 41.9 Å². The van der Waals surface area contributed by atoms with E-state index >= 15 is 0 Å². The van der Waals surface area contributed by atoms with E-state index in [0.29, 0.717) is 0 Å². The van der Waals surface area contributed by atoms with Gasteiger partial charge >= 0.3 is 0 Å². The number of fused-ring (bicyclic) bond motifs is 1. The van der Waals surface area contributed by atoms with Crippen molar-refractivity contribution in [1.29, 1.82) is 0 Å². The minimum atomic E-state index is 1.12. The molecule has 0 spiro atoms. The topological polar surface area (TPSA) is 12.0 Å². The zero-order chi connectivity index (χ0) is 8.23. The molecular weight excluding hydrogens is 146 g/mol. The summed E-state index contributed by atoms with van der Waals surface area (Å²) in [5, 5.41) is 3.32. The maximum Gasteiger partial charge on any atom is 0.0521 e. The molecule has 0 fully saturated rings. The van der Waals surface area contributed by atoms with Gasteiger partial charge in [0.2, 0.25) is 0 Å². The van der Waals surface area contributed by atoms with Crippen LogP contribution in [0, 0.1) is 6.54 Å². The van der Waals surface area contributed by atoms with Crippen molar-refractivity contribution < 1.29 is 0 Å². The van der Waals surface area contributed by atoms with Crippen LogP contribution in [0.15, 0.2) is 24.3 Å². The lowest BCUT2D eigenvalue weighted by molar-refractivity contribution is 0.660. The zero-order valence-electron chi connectivity index (χ0n) is 7.22. The molecule has 0 bridgehead atoms. The Kier molecular flexibility index (Phi) is 2.42. The second-order valence-electron chi connectivity index (χ2n) is 3.25. The van der Waals surface area contributed by atoms with E-state index in [1.165, 1.54) is 30.4 Å². The molecule has 63 valence electrons. The van der Waals surface area contributed by atoms with Crippen molar-refractivity contribution in [3.8, 4) is 0 Å². The molecule has 0 aromatic heterocycles. The van der Waals surface area contributed by atoms with Gasteiger partial charge in [-0.25, -0.2) is 0 Å². The second kappa shape index (κ2) is 3.72. The van der Waals surface area contributed by atoms with E-state index in [1.807, 2.05) is 0 Å². The van der Waals surface area contributed by atoms with Gasteiger partial charge in [0, 0.05) is 0 Å². The van der Waals surface area contributed by atoms with Crippen LogP contribution < -0.4 is 5.32 Å². The predicted molar refractivity (Wildman–Crippen MR) is 50.8 cm³/mol. The van der Waals surface area contributed by atoms with Crippen LogP contribution in [0.3, 0.4) is 0 Å². The molecule has 1 aromatic rings. The smallest absolute Gasteiger partial charge is 0.0521 e. The molecule has 1 aliphatic heterocycles. The van der Waals surface area contributed by atoms with Crippen LogP contribution in [-0.4, -0.2) is 6.54 Å². The lowest BCUT2D eigenvalue weighted by Gasteiger charge is -2.13. The zero-order valence-corrected chi connectivity index (χ0v) is 7.22. The molecule has 0 atom stereocenters. The number of rotatable bonds is 0. The molecule has 0 saturated heterocycles. The molecule has 2 rings (SSSR count). The van der Waals surface area contributed by atoms with Gasteiger partial charge in [-0.05, 0) is 36.9 Å². The van der Waals surface area contributed by atoms with Crippen molar-refractivity contribution in [1.82, 2.24) is 5.32 Å². The van der Waals surface area contributed by atoms with Crippen molar-refractivity contribution in [2.75, 3.05) is 6.54 Å². The number of benzene rings is 1. The monoisotopic (exact) mass is 160 g/mol. The van der Waals surface area contributed by atoms with Gasteiger partial charge in [0.15, 0.2) is 0 Å². The number of hydrogen-bond donors (Lipinski definition) is 1. The van der Waals surface area contributed by atoms with Gasteiger partial charge in [0.1, 0.15) is 0 Å². The molecule has 12 heavy (non-hydrogen) atoms. The standard InChI is InChI=1S/C11H14N/c1-2-7-11-9-12-8-4-3-6-10(11)5-1/h1-2,5,7,9,12H,3-4,6,8H2. The predicted octanol–water partition coefficient (Wildman–Crippen LogP) is 2.12. The van der Waals surface area contributed by atoms with Crippen LogP contribution in [0.4, 0.5) is 0 Å². The van der Waals surface area contributed by atoms with Gasteiger partial charge in [-0.1, -0.05) is 24.3 Å². The minimum absolute atomic E-state index is 1.12. The van der Waals surface area contributed by atoms with Crippen molar-refractivity contribution >= 4 is 0 Å². The first-order chi connectivity index (χ1) is 5.97. The highest BCUT2D eigenvalue weighted by Gasteiger charge is 2.04. The molecule has 1 N–H and O–H groups in total. The fourth-order valence-corrected chi connectivity index (χ4v) is 1.63. The molecule has 1 heteroatoms. The summed E-state index contributed by atoms with van der Waals surface area (Å²) in [6.45, 7) is 3.25. The molecular formula is C11H14N. The summed E-state index contributed by atoms with van der Waals surface area (Å²) in [4.78, 5) is 0. The van der Waals surface area contributed by atoms with E-state index in [0.717, 1.165) is 6.54 Å². The Hall–Kier alpha value is -0.820. The van der Waals surface area contributed by atoms with Gasteiger partial charge in [0.05, 0.1) is 6.54 Å². The maximum atomic E-state index is 3.32.